The molecular weight excluding hydrogens is 282 g/mol. The molecule has 1 aromatic heterocycles. The average molecular weight is 303 g/mol. The molecule has 1 fully saturated rings. The monoisotopic (exact) mass is 303 g/mol. The predicted molar refractivity (Wildman–Crippen MR) is 82.6 cm³/mol. The van der Waals surface area contributed by atoms with Gasteiger partial charge >= 0.3 is 5.97 Å². The first-order valence-corrected chi connectivity index (χ1v) is 7.71. The summed E-state index contributed by atoms with van der Waals surface area (Å²) in [5.41, 5.74) is 2.00. The Hall–Kier alpha value is -1.85. The summed E-state index contributed by atoms with van der Waals surface area (Å²) in [5.74, 6) is -0.860. The zero-order valence-corrected chi connectivity index (χ0v) is 12.5. The molecule has 5 nitrogen and oxygen atoms in total. The maximum Gasteiger partial charge on any atom is 0.308 e. The van der Waals surface area contributed by atoms with Crippen molar-refractivity contribution in [3.63, 3.8) is 0 Å². The van der Waals surface area contributed by atoms with Crippen LogP contribution in [0.25, 0.3) is 11.0 Å². The summed E-state index contributed by atoms with van der Waals surface area (Å²) < 4.78 is 10.6. The molecule has 0 bridgehead atoms. The number of hydrogen-bond acceptors (Lipinski definition) is 4. The molecule has 0 aliphatic carbocycles. The van der Waals surface area contributed by atoms with Crippen LogP contribution in [-0.2, 0) is 16.1 Å². The number of carboxylic acid groups (broad SMARTS) is 1. The fraction of sp³-hybridized carbons (Fsp3) is 0.471. The fourth-order valence-corrected chi connectivity index (χ4v) is 3.07. The van der Waals surface area contributed by atoms with E-state index in [1.54, 1.807) is 6.26 Å². The second-order valence-corrected chi connectivity index (χ2v) is 5.82. The Morgan fingerprint density at radius 1 is 1.32 bits per heavy atom. The van der Waals surface area contributed by atoms with Gasteiger partial charge in [-0.3, -0.25) is 4.79 Å². The Morgan fingerprint density at radius 3 is 2.91 bits per heavy atom. The molecule has 2 N–H and O–H groups in total. The van der Waals surface area contributed by atoms with E-state index in [-0.39, 0.29) is 11.8 Å². The van der Waals surface area contributed by atoms with Crippen molar-refractivity contribution >= 4 is 16.9 Å². The molecule has 2 heterocycles. The van der Waals surface area contributed by atoms with Gasteiger partial charge < -0.3 is 19.6 Å². The van der Waals surface area contributed by atoms with Gasteiger partial charge in [-0.15, -0.1) is 0 Å². The van der Waals surface area contributed by atoms with Crippen molar-refractivity contribution in [1.82, 2.24) is 5.32 Å². The summed E-state index contributed by atoms with van der Waals surface area (Å²) in [6.07, 6.45) is 3.34. The number of ether oxygens (including phenoxy) is 1. The lowest BCUT2D eigenvalue weighted by molar-refractivity contribution is -0.144. The van der Waals surface area contributed by atoms with E-state index in [4.69, 9.17) is 9.15 Å². The lowest BCUT2D eigenvalue weighted by Gasteiger charge is -2.27. The second kappa shape index (κ2) is 6.94. The quantitative estimate of drug-likeness (QED) is 0.858. The molecule has 1 saturated heterocycles. The first kappa shape index (κ1) is 15.1. The van der Waals surface area contributed by atoms with Crippen LogP contribution >= 0.6 is 0 Å². The highest BCUT2D eigenvalue weighted by atomic mass is 16.5. The Kier molecular flexibility index (Phi) is 4.75. The number of nitrogens with one attached hydrogen (secondary N) is 1. The van der Waals surface area contributed by atoms with Crippen LogP contribution in [0.4, 0.5) is 0 Å². The molecule has 3 rings (SSSR count). The van der Waals surface area contributed by atoms with Gasteiger partial charge in [-0.1, -0.05) is 6.07 Å². The van der Waals surface area contributed by atoms with E-state index in [0.29, 0.717) is 26.3 Å². The van der Waals surface area contributed by atoms with Gasteiger partial charge in [0.1, 0.15) is 5.58 Å². The maximum absolute atomic E-state index is 11.5. The molecular formula is C17H21NO4. The largest absolute Gasteiger partial charge is 0.481 e. The van der Waals surface area contributed by atoms with E-state index in [0.717, 1.165) is 29.4 Å². The standard InChI is InChI=1S/C17H21NO4/c19-17(20)15(13-3-6-21-7-4-13)11-18-10-12-1-2-16-14(9-12)5-8-22-16/h1-2,5,8-9,13,15,18H,3-4,6-7,10-11H2,(H,19,20). The molecule has 0 saturated carbocycles. The third kappa shape index (κ3) is 3.48. The van der Waals surface area contributed by atoms with E-state index in [9.17, 15) is 9.90 Å². The highest BCUT2D eigenvalue weighted by Gasteiger charge is 2.29. The highest BCUT2D eigenvalue weighted by Crippen LogP contribution is 2.24. The maximum atomic E-state index is 11.5. The molecule has 1 unspecified atom stereocenters. The van der Waals surface area contributed by atoms with Crippen molar-refractivity contribution < 1.29 is 19.1 Å². The Bertz CT molecular complexity index is 630. The Morgan fingerprint density at radius 2 is 2.14 bits per heavy atom. The Balaban J connectivity index is 1.56. The number of rotatable bonds is 6. The predicted octanol–water partition coefficient (Wildman–Crippen LogP) is 2.65. The van der Waals surface area contributed by atoms with Crippen molar-refractivity contribution in [3.8, 4) is 0 Å². The van der Waals surface area contributed by atoms with Gasteiger partial charge in [0, 0.05) is 31.7 Å². The van der Waals surface area contributed by atoms with E-state index in [2.05, 4.69) is 11.4 Å². The zero-order valence-electron chi connectivity index (χ0n) is 12.5. The molecule has 0 radical (unpaired) electrons. The molecule has 0 spiro atoms. The summed E-state index contributed by atoms with van der Waals surface area (Å²) in [6.45, 7) is 2.49. The van der Waals surface area contributed by atoms with Crippen LogP contribution in [0.3, 0.4) is 0 Å². The molecule has 2 aromatic rings. The first-order chi connectivity index (χ1) is 10.7. The lowest BCUT2D eigenvalue weighted by atomic mass is 9.86. The number of aliphatic carboxylic acids is 1. The van der Waals surface area contributed by atoms with Gasteiger partial charge in [0.05, 0.1) is 12.2 Å². The fourth-order valence-electron chi connectivity index (χ4n) is 3.07. The van der Waals surface area contributed by atoms with E-state index in [1.165, 1.54) is 0 Å². The van der Waals surface area contributed by atoms with Crippen LogP contribution in [-0.4, -0.2) is 30.8 Å². The smallest absolute Gasteiger partial charge is 0.308 e. The molecule has 1 aromatic carbocycles. The van der Waals surface area contributed by atoms with Gasteiger partial charge in [-0.25, -0.2) is 0 Å². The Labute approximate surface area is 129 Å². The van der Waals surface area contributed by atoms with E-state index in [1.807, 2.05) is 18.2 Å². The van der Waals surface area contributed by atoms with Crippen LogP contribution in [0.5, 0.6) is 0 Å². The molecule has 1 aliphatic heterocycles. The average Bonchev–Trinajstić information content (AvgIpc) is 2.99. The molecule has 1 atom stereocenters. The van der Waals surface area contributed by atoms with Crippen LogP contribution in [0, 0.1) is 11.8 Å². The van der Waals surface area contributed by atoms with Crippen molar-refractivity contribution in [3.05, 3.63) is 36.1 Å². The van der Waals surface area contributed by atoms with Crippen LogP contribution in [0.1, 0.15) is 18.4 Å². The number of carbonyl (C=O) groups is 1. The number of hydrogen-bond donors (Lipinski definition) is 2. The van der Waals surface area contributed by atoms with Crippen molar-refractivity contribution in [2.75, 3.05) is 19.8 Å². The second-order valence-electron chi connectivity index (χ2n) is 5.82. The highest BCUT2D eigenvalue weighted by molar-refractivity contribution is 5.77. The minimum atomic E-state index is -0.718. The van der Waals surface area contributed by atoms with Crippen LogP contribution in [0.15, 0.2) is 34.9 Å². The van der Waals surface area contributed by atoms with Gasteiger partial charge in [0.2, 0.25) is 0 Å². The molecule has 5 heteroatoms. The van der Waals surface area contributed by atoms with Crippen LogP contribution in [0.2, 0.25) is 0 Å². The first-order valence-electron chi connectivity index (χ1n) is 7.71. The van der Waals surface area contributed by atoms with Crippen molar-refractivity contribution in [1.29, 1.82) is 0 Å². The SMILES string of the molecule is O=C(O)C(CNCc1ccc2occc2c1)C1CCOCC1. The normalized spacial score (nSPS) is 17.6. The zero-order chi connectivity index (χ0) is 15.4. The third-order valence-corrected chi connectivity index (χ3v) is 4.36. The molecule has 1 aliphatic rings. The van der Waals surface area contributed by atoms with Gasteiger partial charge in [0.25, 0.3) is 0 Å². The summed E-state index contributed by atoms with van der Waals surface area (Å²) in [6, 6.07) is 7.94. The van der Waals surface area contributed by atoms with Crippen LogP contribution < -0.4 is 5.32 Å². The third-order valence-electron chi connectivity index (χ3n) is 4.36. The van der Waals surface area contributed by atoms with Gasteiger partial charge in [-0.2, -0.15) is 0 Å². The number of carboxylic acids is 1. The van der Waals surface area contributed by atoms with Crippen molar-refractivity contribution in [2.24, 2.45) is 11.8 Å². The van der Waals surface area contributed by atoms with E-state index < -0.39 is 5.97 Å². The number of fused-ring (bicyclic) bond motifs is 1. The van der Waals surface area contributed by atoms with Gasteiger partial charge in [0.15, 0.2) is 0 Å². The molecule has 0 amide bonds. The number of benzene rings is 1. The topological polar surface area (TPSA) is 71.7 Å². The minimum Gasteiger partial charge on any atom is -0.481 e. The molecule has 22 heavy (non-hydrogen) atoms. The lowest BCUT2D eigenvalue weighted by Crippen LogP contribution is -2.36. The minimum absolute atomic E-state index is 0.204. The van der Waals surface area contributed by atoms with Gasteiger partial charge in [-0.05, 0) is 42.5 Å². The van der Waals surface area contributed by atoms with Crippen molar-refractivity contribution in [2.45, 2.75) is 19.4 Å². The number of furan rings is 1. The summed E-state index contributed by atoms with van der Waals surface area (Å²) in [7, 11) is 0. The summed E-state index contributed by atoms with van der Waals surface area (Å²) in [5, 5.41) is 13.8. The summed E-state index contributed by atoms with van der Waals surface area (Å²) in [4.78, 5) is 11.5. The molecule has 118 valence electrons. The van der Waals surface area contributed by atoms with E-state index >= 15 is 0 Å². The summed E-state index contributed by atoms with van der Waals surface area (Å²) >= 11 is 0.